The standard InChI is InChI=1S/C58H36/c1-3-13-37(14-4-1)39-23-25-43-33-45(29-27-41(43)31-39)53-35-55-47-17-7-8-18-48(47)56-36-54(46-30-28-42-32-40(24-26-44(42)34-46)38-15-5-2-6-16-38)50-20-10-12-22-52(50)58(56)57(55)51-21-11-9-19-49(51)53/h1-36H. The fraction of sp³-hybridized carbons (Fsp3) is 0. The predicted octanol–water partition coefficient (Wildman–Crippen LogP) is 16.4. The van der Waals surface area contributed by atoms with Crippen LogP contribution in [0, 0.1) is 0 Å². The minimum Gasteiger partial charge on any atom is -0.0622 e. The Kier molecular flexibility index (Phi) is 7.33. The van der Waals surface area contributed by atoms with Crippen molar-refractivity contribution in [1.82, 2.24) is 0 Å². The van der Waals surface area contributed by atoms with Gasteiger partial charge in [-0.3, -0.25) is 0 Å². The third-order valence-electron chi connectivity index (χ3n) is 12.4. The van der Waals surface area contributed by atoms with E-state index < -0.39 is 0 Å². The average Bonchev–Trinajstić information content (AvgIpc) is 3.30. The van der Waals surface area contributed by atoms with Crippen molar-refractivity contribution >= 4 is 75.4 Å². The second-order valence-corrected chi connectivity index (χ2v) is 15.6. The van der Waals surface area contributed by atoms with Crippen LogP contribution in [0.2, 0.25) is 0 Å². The molecule has 0 saturated heterocycles. The average molecular weight is 733 g/mol. The molecule has 0 heteroatoms. The van der Waals surface area contributed by atoms with E-state index in [0.29, 0.717) is 0 Å². The van der Waals surface area contributed by atoms with Crippen molar-refractivity contribution < 1.29 is 0 Å². The molecule has 58 heavy (non-hydrogen) atoms. The summed E-state index contributed by atoms with van der Waals surface area (Å²) in [6.45, 7) is 0. The van der Waals surface area contributed by atoms with Gasteiger partial charge in [0.25, 0.3) is 0 Å². The minimum absolute atomic E-state index is 1.23. The lowest BCUT2D eigenvalue weighted by Crippen LogP contribution is -1.91. The highest BCUT2D eigenvalue weighted by atomic mass is 14.2. The summed E-state index contributed by atoms with van der Waals surface area (Å²) in [6.07, 6.45) is 0. The number of hydrogen-bond acceptors (Lipinski definition) is 0. The summed E-state index contributed by atoms with van der Waals surface area (Å²) < 4.78 is 0. The Hall–Kier alpha value is -7.54. The Morgan fingerprint density at radius 2 is 0.483 bits per heavy atom. The highest BCUT2D eigenvalue weighted by Crippen LogP contribution is 2.47. The van der Waals surface area contributed by atoms with Gasteiger partial charge in [-0.2, -0.15) is 0 Å². The second-order valence-electron chi connectivity index (χ2n) is 15.6. The first-order valence-electron chi connectivity index (χ1n) is 20.2. The van der Waals surface area contributed by atoms with E-state index >= 15 is 0 Å². The van der Waals surface area contributed by atoms with Crippen molar-refractivity contribution in [3.63, 3.8) is 0 Å². The van der Waals surface area contributed by atoms with E-state index in [1.54, 1.807) is 0 Å². The highest BCUT2D eigenvalue weighted by Gasteiger charge is 2.19. The van der Waals surface area contributed by atoms with Crippen LogP contribution in [-0.2, 0) is 0 Å². The molecular formula is C58H36. The molecule has 0 aromatic heterocycles. The Bertz CT molecular complexity index is 3360. The van der Waals surface area contributed by atoms with Gasteiger partial charge in [-0.25, -0.2) is 0 Å². The Morgan fingerprint density at radius 3 is 0.879 bits per heavy atom. The molecule has 268 valence electrons. The molecule has 0 unspecified atom stereocenters. The van der Waals surface area contributed by atoms with Crippen LogP contribution in [0.3, 0.4) is 0 Å². The lowest BCUT2D eigenvalue weighted by molar-refractivity contribution is 1.64. The number of benzene rings is 12. The molecule has 0 fully saturated rings. The zero-order valence-electron chi connectivity index (χ0n) is 31.8. The van der Waals surface area contributed by atoms with E-state index in [4.69, 9.17) is 0 Å². The van der Waals surface area contributed by atoms with Crippen molar-refractivity contribution in [2.24, 2.45) is 0 Å². The van der Waals surface area contributed by atoms with Gasteiger partial charge in [0, 0.05) is 0 Å². The molecule has 0 aliphatic rings. The van der Waals surface area contributed by atoms with Crippen molar-refractivity contribution in [1.29, 1.82) is 0 Å². The topological polar surface area (TPSA) is 0 Å². The summed E-state index contributed by atoms with van der Waals surface area (Å²) in [5.41, 5.74) is 9.94. The molecular weight excluding hydrogens is 697 g/mol. The lowest BCUT2D eigenvalue weighted by Gasteiger charge is -2.19. The highest BCUT2D eigenvalue weighted by molar-refractivity contribution is 6.38. The molecule has 12 aromatic carbocycles. The monoisotopic (exact) mass is 732 g/mol. The molecule has 0 spiro atoms. The molecule has 0 aliphatic heterocycles. The molecule has 0 heterocycles. The fourth-order valence-corrected chi connectivity index (χ4v) is 9.59. The molecule has 0 aliphatic carbocycles. The van der Waals surface area contributed by atoms with Crippen LogP contribution in [0.4, 0.5) is 0 Å². The van der Waals surface area contributed by atoms with Gasteiger partial charge in [-0.1, -0.05) is 182 Å². The smallest absolute Gasteiger partial charge is 0.00137 e. The molecule has 0 saturated carbocycles. The van der Waals surface area contributed by atoms with Gasteiger partial charge in [0.05, 0.1) is 0 Å². The minimum atomic E-state index is 1.23. The Labute approximate surface area is 336 Å². The number of rotatable bonds is 4. The Balaban J connectivity index is 1.09. The first-order valence-corrected chi connectivity index (χ1v) is 20.2. The van der Waals surface area contributed by atoms with Gasteiger partial charge in [-0.05, 0) is 156 Å². The fourth-order valence-electron chi connectivity index (χ4n) is 9.59. The van der Waals surface area contributed by atoms with Crippen LogP contribution in [0.1, 0.15) is 0 Å². The van der Waals surface area contributed by atoms with E-state index in [9.17, 15) is 0 Å². The normalized spacial score (nSPS) is 11.8. The quantitative estimate of drug-likeness (QED) is 0.158. The zero-order chi connectivity index (χ0) is 38.2. The summed E-state index contributed by atoms with van der Waals surface area (Å²) in [5, 5.41) is 17.8. The van der Waals surface area contributed by atoms with Crippen LogP contribution in [0.5, 0.6) is 0 Å². The van der Waals surface area contributed by atoms with Crippen LogP contribution in [0.25, 0.3) is 120 Å². The molecule has 0 atom stereocenters. The summed E-state index contributed by atoms with van der Waals surface area (Å²) in [6, 6.07) is 80.9. The number of fused-ring (bicyclic) bond motifs is 12. The van der Waals surface area contributed by atoms with Crippen molar-refractivity contribution in [3.05, 3.63) is 218 Å². The molecule has 0 bridgehead atoms. The number of hydrogen-bond donors (Lipinski definition) is 0. The van der Waals surface area contributed by atoms with Gasteiger partial charge in [0.1, 0.15) is 0 Å². The second kappa shape index (κ2) is 13.0. The van der Waals surface area contributed by atoms with E-state index in [0.717, 1.165) is 0 Å². The SMILES string of the molecule is c1ccc(-c2ccc3cc(-c4cc5c6ccccc6c6cc(-c7ccc8cc(-c9ccccc9)ccc8c7)c7ccccc7c6c5c5ccccc45)ccc3c2)cc1. The molecule has 12 aromatic rings. The molecule has 0 nitrogen and oxygen atoms in total. The third kappa shape index (κ3) is 5.16. The molecule has 12 rings (SSSR count). The van der Waals surface area contributed by atoms with E-state index in [1.807, 2.05) is 0 Å². The Morgan fingerprint density at radius 1 is 0.172 bits per heavy atom. The van der Waals surface area contributed by atoms with Crippen molar-refractivity contribution in [3.8, 4) is 44.5 Å². The van der Waals surface area contributed by atoms with Gasteiger partial charge in [0.2, 0.25) is 0 Å². The molecule has 0 radical (unpaired) electrons. The maximum absolute atomic E-state index is 2.47. The zero-order valence-corrected chi connectivity index (χ0v) is 31.8. The largest absolute Gasteiger partial charge is 0.0622 e. The maximum atomic E-state index is 2.47. The molecule has 0 amide bonds. The van der Waals surface area contributed by atoms with Crippen LogP contribution >= 0.6 is 0 Å². The van der Waals surface area contributed by atoms with E-state index in [1.165, 1.54) is 120 Å². The van der Waals surface area contributed by atoms with Gasteiger partial charge in [0.15, 0.2) is 0 Å². The van der Waals surface area contributed by atoms with Gasteiger partial charge >= 0.3 is 0 Å². The first-order chi connectivity index (χ1) is 28.7. The third-order valence-corrected chi connectivity index (χ3v) is 12.4. The van der Waals surface area contributed by atoms with Crippen molar-refractivity contribution in [2.75, 3.05) is 0 Å². The summed E-state index contributed by atoms with van der Waals surface area (Å²) in [5.74, 6) is 0. The van der Waals surface area contributed by atoms with E-state index in [-0.39, 0.29) is 0 Å². The summed E-state index contributed by atoms with van der Waals surface area (Å²) in [7, 11) is 0. The van der Waals surface area contributed by atoms with Crippen molar-refractivity contribution in [2.45, 2.75) is 0 Å². The van der Waals surface area contributed by atoms with Crippen LogP contribution < -0.4 is 0 Å². The van der Waals surface area contributed by atoms with E-state index in [2.05, 4.69) is 218 Å². The van der Waals surface area contributed by atoms with Crippen LogP contribution in [0.15, 0.2) is 218 Å². The van der Waals surface area contributed by atoms with Crippen LogP contribution in [-0.4, -0.2) is 0 Å². The first kappa shape index (κ1) is 32.7. The summed E-state index contributed by atoms with van der Waals surface area (Å²) >= 11 is 0. The maximum Gasteiger partial charge on any atom is -0.00137 e. The lowest BCUT2D eigenvalue weighted by atomic mass is 9.84. The van der Waals surface area contributed by atoms with Gasteiger partial charge < -0.3 is 0 Å². The molecule has 0 N–H and O–H groups in total. The predicted molar refractivity (Wildman–Crippen MR) is 251 cm³/mol. The summed E-state index contributed by atoms with van der Waals surface area (Å²) in [4.78, 5) is 0. The van der Waals surface area contributed by atoms with Gasteiger partial charge in [-0.15, -0.1) is 0 Å².